The lowest BCUT2D eigenvalue weighted by Gasteiger charge is -2.15. The van der Waals surface area contributed by atoms with Crippen LogP contribution in [0.1, 0.15) is 12.8 Å². The number of rotatable bonds is 0. The Balaban J connectivity index is 1.97. The maximum absolute atomic E-state index is 4.02. The van der Waals surface area contributed by atoms with Crippen LogP contribution in [0.5, 0.6) is 0 Å². The van der Waals surface area contributed by atoms with Crippen molar-refractivity contribution < 1.29 is 0 Å². The largest absolute Gasteiger partial charge is 0.294 e. The molecule has 2 aliphatic heterocycles. The fourth-order valence-corrected chi connectivity index (χ4v) is 1.27. The predicted molar refractivity (Wildman–Crippen MR) is 38.4 cm³/mol. The highest BCUT2D eigenvalue weighted by Crippen LogP contribution is 2.04. The molecule has 0 atom stereocenters. The van der Waals surface area contributed by atoms with E-state index in [9.17, 15) is 0 Å². The summed E-state index contributed by atoms with van der Waals surface area (Å²) in [5.41, 5.74) is 7.16. The molecule has 10 heavy (non-hydrogen) atoms. The molecule has 0 amide bonds. The van der Waals surface area contributed by atoms with Gasteiger partial charge in [0, 0.05) is 19.5 Å². The van der Waals surface area contributed by atoms with Crippen LogP contribution in [0.2, 0.25) is 0 Å². The first-order valence-corrected chi connectivity index (χ1v) is 3.71. The van der Waals surface area contributed by atoms with Crippen molar-refractivity contribution in [2.24, 2.45) is 5.10 Å². The third-order valence-corrected chi connectivity index (χ3v) is 1.79. The molecule has 0 saturated carbocycles. The molecule has 0 unspecified atom stereocenters. The minimum absolute atomic E-state index is 0.869. The van der Waals surface area contributed by atoms with Gasteiger partial charge in [-0.05, 0) is 6.42 Å². The van der Waals surface area contributed by atoms with E-state index >= 15 is 0 Å². The van der Waals surface area contributed by atoms with Crippen LogP contribution >= 0.6 is 0 Å². The van der Waals surface area contributed by atoms with E-state index in [-0.39, 0.29) is 0 Å². The Kier molecular flexibility index (Phi) is 1.47. The summed E-state index contributed by atoms with van der Waals surface area (Å²) in [4.78, 5) is 0. The lowest BCUT2D eigenvalue weighted by atomic mass is 10.4. The first-order chi connectivity index (χ1) is 4.97. The zero-order chi connectivity index (χ0) is 6.81. The summed E-state index contributed by atoms with van der Waals surface area (Å²) in [6.07, 6.45) is 2.23. The average molecular weight is 139 g/mol. The van der Waals surface area contributed by atoms with Gasteiger partial charge < -0.3 is 0 Å². The molecule has 55 valence electrons. The fourth-order valence-electron chi connectivity index (χ4n) is 1.27. The van der Waals surface area contributed by atoms with Crippen molar-refractivity contribution in [1.29, 1.82) is 0 Å². The summed E-state index contributed by atoms with van der Waals surface area (Å²) in [7, 11) is 0. The van der Waals surface area contributed by atoms with Gasteiger partial charge in [0.05, 0.1) is 6.54 Å². The van der Waals surface area contributed by atoms with Crippen molar-refractivity contribution in [3.05, 3.63) is 0 Å². The third-order valence-electron chi connectivity index (χ3n) is 1.79. The molecule has 0 aromatic rings. The van der Waals surface area contributed by atoms with E-state index < -0.39 is 0 Å². The highest BCUT2D eigenvalue weighted by atomic mass is 15.6. The van der Waals surface area contributed by atoms with E-state index in [4.69, 9.17) is 0 Å². The molecule has 2 heterocycles. The summed E-state index contributed by atoms with van der Waals surface area (Å²) in [5.74, 6) is 1.11. The highest BCUT2D eigenvalue weighted by molar-refractivity contribution is 5.83. The molecule has 4 heteroatoms. The SMILES string of the molecule is C1CNN(C2=N[N]CC2)C1. The summed E-state index contributed by atoms with van der Waals surface area (Å²) in [6, 6.07) is 0. The van der Waals surface area contributed by atoms with Crippen LogP contribution in [0.4, 0.5) is 0 Å². The molecule has 0 spiro atoms. The molecule has 0 aromatic heterocycles. The molecule has 1 fully saturated rings. The minimum Gasteiger partial charge on any atom is -0.294 e. The van der Waals surface area contributed by atoms with Crippen LogP contribution < -0.4 is 10.9 Å². The quantitative estimate of drug-likeness (QED) is 0.492. The number of nitrogens with zero attached hydrogens (tertiary/aromatic N) is 3. The summed E-state index contributed by atoms with van der Waals surface area (Å²) in [5, 5.41) is 6.13. The molecule has 2 aliphatic rings. The van der Waals surface area contributed by atoms with E-state index in [2.05, 4.69) is 21.0 Å². The van der Waals surface area contributed by atoms with Crippen LogP contribution in [-0.4, -0.2) is 30.5 Å². The summed E-state index contributed by atoms with van der Waals surface area (Å²) < 4.78 is 0. The van der Waals surface area contributed by atoms with Gasteiger partial charge in [0.25, 0.3) is 0 Å². The monoisotopic (exact) mass is 139 g/mol. The van der Waals surface area contributed by atoms with Gasteiger partial charge >= 0.3 is 0 Å². The zero-order valence-electron chi connectivity index (χ0n) is 5.88. The van der Waals surface area contributed by atoms with Gasteiger partial charge in [0.2, 0.25) is 0 Å². The molecule has 1 radical (unpaired) electrons. The Morgan fingerprint density at radius 3 is 3.10 bits per heavy atom. The minimum atomic E-state index is 0.869. The molecule has 1 saturated heterocycles. The highest BCUT2D eigenvalue weighted by Gasteiger charge is 2.18. The van der Waals surface area contributed by atoms with Gasteiger partial charge in [-0.1, -0.05) is 0 Å². The lowest BCUT2D eigenvalue weighted by Crippen LogP contribution is -2.35. The lowest BCUT2D eigenvalue weighted by molar-refractivity contribution is 0.398. The Morgan fingerprint density at radius 2 is 2.50 bits per heavy atom. The molecular weight excluding hydrogens is 128 g/mol. The predicted octanol–water partition coefficient (Wildman–Crippen LogP) is -0.482. The Morgan fingerprint density at radius 1 is 1.50 bits per heavy atom. The van der Waals surface area contributed by atoms with Gasteiger partial charge in [-0.15, -0.1) is 5.10 Å². The summed E-state index contributed by atoms with van der Waals surface area (Å²) in [6.45, 7) is 3.04. The molecule has 0 aromatic carbocycles. The average Bonchev–Trinajstić information content (AvgIpc) is 2.59. The second kappa shape index (κ2) is 2.46. The number of amidine groups is 1. The fraction of sp³-hybridized carbons (Fsp3) is 0.833. The standard InChI is InChI=1S/C6H11N4/c1-3-8-10(5-1)6-2-4-7-9-6/h8H,1-5H2. The first-order valence-electron chi connectivity index (χ1n) is 3.71. The number of hydrogen-bond donors (Lipinski definition) is 1. The normalized spacial score (nSPS) is 24.8. The number of hydrogen-bond acceptors (Lipinski definition) is 3. The van der Waals surface area contributed by atoms with Crippen molar-refractivity contribution in [2.45, 2.75) is 12.8 Å². The molecular formula is C6H11N4. The van der Waals surface area contributed by atoms with Gasteiger partial charge in [-0.25, -0.2) is 5.43 Å². The van der Waals surface area contributed by atoms with Gasteiger partial charge in [-0.3, -0.25) is 5.01 Å². The zero-order valence-corrected chi connectivity index (χ0v) is 5.88. The van der Waals surface area contributed by atoms with Crippen molar-refractivity contribution in [3.63, 3.8) is 0 Å². The van der Waals surface area contributed by atoms with Gasteiger partial charge in [-0.2, -0.15) is 5.43 Å². The molecule has 0 aliphatic carbocycles. The van der Waals surface area contributed by atoms with Crippen LogP contribution in [0.25, 0.3) is 0 Å². The Labute approximate surface area is 60.2 Å². The van der Waals surface area contributed by atoms with E-state index in [1.807, 2.05) is 0 Å². The van der Waals surface area contributed by atoms with Crippen LogP contribution in [0.15, 0.2) is 5.10 Å². The van der Waals surface area contributed by atoms with Crippen molar-refractivity contribution in [1.82, 2.24) is 15.9 Å². The molecule has 1 N–H and O–H groups in total. The second-order valence-corrected chi connectivity index (χ2v) is 2.54. The Hall–Kier alpha value is -0.770. The first kappa shape index (κ1) is 5.97. The smallest absolute Gasteiger partial charge is 0.143 e. The van der Waals surface area contributed by atoms with Crippen LogP contribution in [0.3, 0.4) is 0 Å². The summed E-state index contributed by atoms with van der Waals surface area (Å²) >= 11 is 0. The topological polar surface area (TPSA) is 41.7 Å². The van der Waals surface area contributed by atoms with Gasteiger partial charge in [0.15, 0.2) is 0 Å². The van der Waals surface area contributed by atoms with Crippen molar-refractivity contribution in [2.75, 3.05) is 19.6 Å². The second-order valence-electron chi connectivity index (χ2n) is 2.54. The molecule has 2 rings (SSSR count). The third kappa shape index (κ3) is 0.945. The van der Waals surface area contributed by atoms with E-state index in [1.54, 1.807) is 0 Å². The number of hydrazine groups is 1. The van der Waals surface area contributed by atoms with E-state index in [1.165, 1.54) is 6.42 Å². The van der Waals surface area contributed by atoms with Crippen molar-refractivity contribution >= 4 is 5.84 Å². The Bertz CT molecular complexity index is 148. The van der Waals surface area contributed by atoms with E-state index in [0.717, 1.165) is 31.9 Å². The number of nitrogens with one attached hydrogen (secondary N) is 1. The maximum atomic E-state index is 4.02. The van der Waals surface area contributed by atoms with Crippen LogP contribution in [-0.2, 0) is 0 Å². The van der Waals surface area contributed by atoms with Gasteiger partial charge in [0.1, 0.15) is 5.84 Å². The maximum Gasteiger partial charge on any atom is 0.143 e. The molecule has 4 nitrogen and oxygen atoms in total. The van der Waals surface area contributed by atoms with Crippen LogP contribution in [0, 0.1) is 0 Å². The van der Waals surface area contributed by atoms with Crippen molar-refractivity contribution in [3.8, 4) is 0 Å². The molecule has 0 bridgehead atoms. The van der Waals surface area contributed by atoms with E-state index in [0.29, 0.717) is 0 Å².